The average Bonchev–Trinajstić information content (AvgIpc) is 3.17. The monoisotopic (exact) mass is 396 g/mol. The maximum atomic E-state index is 6.47. The quantitative estimate of drug-likeness (QED) is 0.553. The number of fused-ring (bicyclic) bond motifs is 1. The van der Waals surface area contributed by atoms with Crippen LogP contribution in [0.3, 0.4) is 0 Å². The standard InChI is InChI=1S/C23H33BN2O3/c1-7-8-11-17-16(2)14-19-18(15-25-26(19)20-12-9-10-13-27-20)21(17)24-28-22(3,4)23(5,6)29-24/h7,14-15,20H,1,8-13H2,2-6H3. The van der Waals surface area contributed by atoms with E-state index in [-0.39, 0.29) is 17.4 Å². The van der Waals surface area contributed by atoms with Crippen LogP contribution in [0, 0.1) is 6.92 Å². The van der Waals surface area contributed by atoms with Crippen molar-refractivity contribution < 1.29 is 14.0 Å². The predicted molar refractivity (Wildman–Crippen MR) is 118 cm³/mol. The molecular weight excluding hydrogens is 363 g/mol. The molecule has 5 nitrogen and oxygen atoms in total. The van der Waals surface area contributed by atoms with Crippen LogP contribution >= 0.6 is 0 Å². The number of allylic oxidation sites excluding steroid dienone is 1. The zero-order chi connectivity index (χ0) is 20.8. The van der Waals surface area contributed by atoms with Crippen LogP contribution < -0.4 is 5.46 Å². The third-order valence-corrected chi connectivity index (χ3v) is 6.79. The Morgan fingerprint density at radius 3 is 2.59 bits per heavy atom. The van der Waals surface area contributed by atoms with E-state index in [1.165, 1.54) is 17.5 Å². The Hall–Kier alpha value is -1.63. The number of hydrogen-bond acceptors (Lipinski definition) is 4. The van der Waals surface area contributed by atoms with Gasteiger partial charge in [0.1, 0.15) is 0 Å². The van der Waals surface area contributed by atoms with Gasteiger partial charge in [0.25, 0.3) is 0 Å². The van der Waals surface area contributed by atoms with E-state index < -0.39 is 7.12 Å². The minimum Gasteiger partial charge on any atom is -0.399 e. The number of rotatable bonds is 5. The third kappa shape index (κ3) is 3.56. The Kier molecular flexibility index (Phi) is 5.39. The molecule has 0 radical (unpaired) electrons. The molecule has 2 aromatic rings. The molecule has 0 amide bonds. The van der Waals surface area contributed by atoms with E-state index in [0.29, 0.717) is 0 Å². The van der Waals surface area contributed by atoms with Crippen LogP contribution in [0.5, 0.6) is 0 Å². The molecule has 2 aliphatic rings. The number of aromatic nitrogens is 2. The van der Waals surface area contributed by atoms with Crippen LogP contribution in [0.15, 0.2) is 24.9 Å². The van der Waals surface area contributed by atoms with Crippen molar-refractivity contribution in [2.45, 2.75) is 84.2 Å². The molecule has 6 heteroatoms. The summed E-state index contributed by atoms with van der Waals surface area (Å²) in [6.07, 6.45) is 9.06. The summed E-state index contributed by atoms with van der Waals surface area (Å²) < 4.78 is 21.0. The summed E-state index contributed by atoms with van der Waals surface area (Å²) in [5.74, 6) is 0. The molecule has 4 rings (SSSR count). The normalized spacial score (nSPS) is 23.6. The maximum absolute atomic E-state index is 6.47. The van der Waals surface area contributed by atoms with Gasteiger partial charge < -0.3 is 14.0 Å². The molecule has 2 aliphatic heterocycles. The topological polar surface area (TPSA) is 45.5 Å². The fraction of sp³-hybridized carbons (Fsp3) is 0.609. The predicted octanol–water partition coefficient (Wildman–Crippen LogP) is 4.46. The number of ether oxygens (including phenoxy) is 1. The molecule has 0 spiro atoms. The second-order valence-electron chi connectivity index (χ2n) is 9.34. The number of benzene rings is 1. The fourth-order valence-electron chi connectivity index (χ4n) is 4.34. The molecule has 0 N–H and O–H groups in total. The van der Waals surface area contributed by atoms with Gasteiger partial charge in [0.2, 0.25) is 0 Å². The maximum Gasteiger partial charge on any atom is 0.495 e. The lowest BCUT2D eigenvalue weighted by atomic mass is 9.72. The highest BCUT2D eigenvalue weighted by Gasteiger charge is 2.52. The first-order valence-corrected chi connectivity index (χ1v) is 10.8. The van der Waals surface area contributed by atoms with Gasteiger partial charge in [-0.15, -0.1) is 6.58 Å². The van der Waals surface area contributed by atoms with Gasteiger partial charge in [-0.05, 0) is 89.4 Å². The highest BCUT2D eigenvalue weighted by Crippen LogP contribution is 2.38. The lowest BCUT2D eigenvalue weighted by Gasteiger charge is -2.32. The van der Waals surface area contributed by atoms with Gasteiger partial charge in [-0.2, -0.15) is 5.10 Å². The summed E-state index contributed by atoms with van der Waals surface area (Å²) in [7, 11) is -0.410. The highest BCUT2D eigenvalue weighted by atomic mass is 16.7. The molecule has 29 heavy (non-hydrogen) atoms. The zero-order valence-electron chi connectivity index (χ0n) is 18.5. The SMILES string of the molecule is C=CCCc1c(C)cc2c(cnn2C2CCCCO2)c1B1OC(C)(C)C(C)(C)O1. The van der Waals surface area contributed by atoms with Crippen LogP contribution in [0.2, 0.25) is 0 Å². The first-order chi connectivity index (χ1) is 13.7. The molecule has 1 unspecified atom stereocenters. The zero-order valence-corrected chi connectivity index (χ0v) is 18.5. The Morgan fingerprint density at radius 1 is 1.24 bits per heavy atom. The summed E-state index contributed by atoms with van der Waals surface area (Å²) in [6.45, 7) is 15.3. The van der Waals surface area contributed by atoms with Crippen molar-refractivity contribution in [3.05, 3.63) is 36.0 Å². The molecule has 1 aromatic carbocycles. The van der Waals surface area contributed by atoms with Gasteiger partial charge in [-0.1, -0.05) is 6.08 Å². The highest BCUT2D eigenvalue weighted by molar-refractivity contribution is 6.65. The van der Waals surface area contributed by atoms with Gasteiger partial charge in [0.15, 0.2) is 6.23 Å². The molecular formula is C23H33BN2O3. The second kappa shape index (κ2) is 7.57. The summed E-state index contributed by atoms with van der Waals surface area (Å²) >= 11 is 0. The Morgan fingerprint density at radius 2 is 1.97 bits per heavy atom. The van der Waals surface area contributed by atoms with Crippen LogP contribution in [0.25, 0.3) is 10.9 Å². The van der Waals surface area contributed by atoms with E-state index in [2.05, 4.69) is 47.3 Å². The number of aryl methyl sites for hydroxylation is 1. The molecule has 0 aliphatic carbocycles. The molecule has 0 bridgehead atoms. The summed E-state index contributed by atoms with van der Waals surface area (Å²) in [6, 6.07) is 2.24. The van der Waals surface area contributed by atoms with Gasteiger partial charge in [0, 0.05) is 12.0 Å². The number of hydrogen-bond donors (Lipinski definition) is 0. The Balaban J connectivity index is 1.85. The smallest absolute Gasteiger partial charge is 0.399 e. The van der Waals surface area contributed by atoms with Crippen molar-refractivity contribution in [2.75, 3.05) is 6.61 Å². The van der Waals surface area contributed by atoms with Gasteiger partial charge >= 0.3 is 7.12 Å². The van der Waals surface area contributed by atoms with Crippen molar-refractivity contribution >= 4 is 23.5 Å². The van der Waals surface area contributed by atoms with Crippen molar-refractivity contribution in [3.8, 4) is 0 Å². The fourth-order valence-corrected chi connectivity index (χ4v) is 4.34. The lowest BCUT2D eigenvalue weighted by molar-refractivity contribution is -0.0366. The van der Waals surface area contributed by atoms with Crippen LogP contribution in [-0.2, 0) is 20.5 Å². The van der Waals surface area contributed by atoms with Crippen molar-refractivity contribution in [3.63, 3.8) is 0 Å². The Bertz CT molecular complexity index is 896. The van der Waals surface area contributed by atoms with Gasteiger partial charge in [0.05, 0.1) is 22.9 Å². The summed E-state index contributed by atoms with van der Waals surface area (Å²) in [5.41, 5.74) is 3.96. The molecule has 1 aromatic heterocycles. The van der Waals surface area contributed by atoms with E-state index in [4.69, 9.17) is 19.1 Å². The first-order valence-electron chi connectivity index (χ1n) is 10.8. The van der Waals surface area contributed by atoms with Crippen LogP contribution in [-0.4, -0.2) is 34.7 Å². The Labute approximate surface area is 174 Å². The van der Waals surface area contributed by atoms with Crippen molar-refractivity contribution in [1.82, 2.24) is 9.78 Å². The van der Waals surface area contributed by atoms with E-state index in [0.717, 1.165) is 48.7 Å². The minimum absolute atomic E-state index is 0.00539. The van der Waals surface area contributed by atoms with E-state index in [1.54, 1.807) is 0 Å². The van der Waals surface area contributed by atoms with Crippen LogP contribution in [0.4, 0.5) is 0 Å². The molecule has 3 heterocycles. The van der Waals surface area contributed by atoms with Crippen LogP contribution in [0.1, 0.15) is 70.7 Å². The lowest BCUT2D eigenvalue weighted by Crippen LogP contribution is -2.41. The second-order valence-corrected chi connectivity index (χ2v) is 9.34. The van der Waals surface area contributed by atoms with Gasteiger partial charge in [-0.3, -0.25) is 0 Å². The molecule has 2 fully saturated rings. The third-order valence-electron chi connectivity index (χ3n) is 6.79. The summed E-state index contributed by atoms with van der Waals surface area (Å²) in [5, 5.41) is 5.85. The molecule has 156 valence electrons. The summed E-state index contributed by atoms with van der Waals surface area (Å²) in [4.78, 5) is 0. The van der Waals surface area contributed by atoms with E-state index >= 15 is 0 Å². The van der Waals surface area contributed by atoms with Gasteiger partial charge in [-0.25, -0.2) is 4.68 Å². The number of nitrogens with zero attached hydrogens (tertiary/aromatic N) is 2. The average molecular weight is 396 g/mol. The van der Waals surface area contributed by atoms with Crippen molar-refractivity contribution in [2.24, 2.45) is 0 Å². The minimum atomic E-state index is -0.410. The molecule has 2 saturated heterocycles. The first kappa shape index (κ1) is 20.6. The molecule has 1 atom stereocenters. The molecule has 0 saturated carbocycles. The largest absolute Gasteiger partial charge is 0.495 e. The van der Waals surface area contributed by atoms with Crippen molar-refractivity contribution in [1.29, 1.82) is 0 Å². The van der Waals surface area contributed by atoms with E-state index in [9.17, 15) is 0 Å². The van der Waals surface area contributed by atoms with E-state index in [1.807, 2.05) is 17.0 Å².